The Hall–Kier alpha value is -1.09. The van der Waals surface area contributed by atoms with Crippen molar-refractivity contribution in [1.29, 1.82) is 0 Å². The quantitative estimate of drug-likeness (QED) is 0.699. The highest BCUT2D eigenvalue weighted by Gasteiger charge is 1.98. The minimum atomic E-state index is 0.732. The van der Waals surface area contributed by atoms with E-state index in [-0.39, 0.29) is 0 Å². The Kier molecular flexibility index (Phi) is 3.25. The van der Waals surface area contributed by atoms with Crippen LogP contribution in [0.1, 0.15) is 18.7 Å². The molecule has 0 aliphatic heterocycles. The average Bonchev–Trinajstić information content (AvgIpc) is 2.48. The highest BCUT2D eigenvalue weighted by molar-refractivity contribution is 7.18. The third kappa shape index (κ3) is 2.18. The second kappa shape index (κ2) is 4.23. The Morgan fingerprint density at radius 2 is 2.00 bits per heavy atom. The number of hydrogen-bond acceptors (Lipinski definition) is 3. The second-order valence-corrected chi connectivity index (χ2v) is 3.75. The average molecular weight is 194 g/mol. The first-order valence-electron chi connectivity index (χ1n) is 4.37. The molecule has 0 aromatic carbocycles. The number of hydrogen-bond donors (Lipinski definition) is 1. The van der Waals surface area contributed by atoms with Gasteiger partial charge in [0.05, 0.1) is 11.9 Å². The summed E-state index contributed by atoms with van der Waals surface area (Å²) in [5.41, 5.74) is 6.31. The highest BCUT2D eigenvalue weighted by atomic mass is 32.1. The van der Waals surface area contributed by atoms with Gasteiger partial charge in [-0.1, -0.05) is 13.8 Å². The van der Waals surface area contributed by atoms with Crippen LogP contribution in [0.15, 0.2) is 18.3 Å². The normalized spacial score (nSPS) is 9.46. The van der Waals surface area contributed by atoms with Crippen LogP contribution in [0, 0.1) is 6.92 Å². The smallest absolute Gasteiger partial charge is 0.123 e. The van der Waals surface area contributed by atoms with Gasteiger partial charge in [0, 0.05) is 10.3 Å². The van der Waals surface area contributed by atoms with Crippen molar-refractivity contribution in [3.63, 3.8) is 0 Å². The van der Waals surface area contributed by atoms with Crippen LogP contribution < -0.4 is 5.73 Å². The van der Waals surface area contributed by atoms with Gasteiger partial charge in [-0.25, -0.2) is 4.98 Å². The molecule has 0 unspecified atom stereocenters. The SMILES string of the molecule is CC.Cc1cc2cc(N)cnc2s1. The Labute approximate surface area is 82.4 Å². The number of aromatic nitrogens is 1. The number of rotatable bonds is 0. The van der Waals surface area contributed by atoms with Crippen LogP contribution in [-0.4, -0.2) is 4.98 Å². The van der Waals surface area contributed by atoms with Crippen molar-refractivity contribution in [2.75, 3.05) is 5.73 Å². The number of nitrogens with two attached hydrogens (primary N) is 1. The number of fused-ring (bicyclic) bond motifs is 1. The van der Waals surface area contributed by atoms with E-state index in [1.54, 1.807) is 17.5 Å². The summed E-state index contributed by atoms with van der Waals surface area (Å²) in [5.74, 6) is 0. The molecule has 2 aromatic rings. The maximum Gasteiger partial charge on any atom is 0.123 e. The molecule has 0 fully saturated rings. The van der Waals surface area contributed by atoms with Crippen LogP contribution in [0.25, 0.3) is 10.2 Å². The molecule has 0 saturated carbocycles. The fourth-order valence-corrected chi connectivity index (χ4v) is 1.91. The third-order valence-electron chi connectivity index (χ3n) is 1.52. The molecule has 0 aliphatic rings. The van der Waals surface area contributed by atoms with Gasteiger partial charge in [-0.3, -0.25) is 0 Å². The molecule has 2 N–H and O–H groups in total. The van der Waals surface area contributed by atoms with Gasteiger partial charge in [0.1, 0.15) is 4.83 Å². The van der Waals surface area contributed by atoms with E-state index < -0.39 is 0 Å². The van der Waals surface area contributed by atoms with Gasteiger partial charge in [0.2, 0.25) is 0 Å². The number of thiophene rings is 1. The Balaban J connectivity index is 0.000000396. The predicted octanol–water partition coefficient (Wildman–Crippen LogP) is 3.21. The molecule has 0 aliphatic carbocycles. The lowest BCUT2D eigenvalue weighted by molar-refractivity contribution is 1.45. The molecule has 0 radical (unpaired) electrons. The van der Waals surface area contributed by atoms with E-state index in [0.29, 0.717) is 0 Å². The minimum absolute atomic E-state index is 0.732. The summed E-state index contributed by atoms with van der Waals surface area (Å²) in [7, 11) is 0. The predicted molar refractivity (Wildman–Crippen MR) is 60.1 cm³/mol. The largest absolute Gasteiger partial charge is 0.397 e. The summed E-state index contributed by atoms with van der Waals surface area (Å²) in [5, 5.41) is 1.15. The summed E-state index contributed by atoms with van der Waals surface area (Å²) >= 11 is 1.69. The maximum atomic E-state index is 5.58. The molecule has 0 bridgehead atoms. The fraction of sp³-hybridized carbons (Fsp3) is 0.300. The first kappa shape index (κ1) is 9.99. The second-order valence-electron chi connectivity index (χ2n) is 2.52. The van der Waals surface area contributed by atoms with Crippen molar-refractivity contribution in [3.8, 4) is 0 Å². The van der Waals surface area contributed by atoms with Gasteiger partial charge >= 0.3 is 0 Å². The molecule has 2 nitrogen and oxygen atoms in total. The zero-order valence-electron chi connectivity index (χ0n) is 8.16. The number of nitrogens with zero attached hydrogens (tertiary/aromatic N) is 1. The molecule has 3 heteroatoms. The topological polar surface area (TPSA) is 38.9 Å². The van der Waals surface area contributed by atoms with E-state index >= 15 is 0 Å². The van der Waals surface area contributed by atoms with Crippen molar-refractivity contribution >= 4 is 27.2 Å². The first-order valence-corrected chi connectivity index (χ1v) is 5.19. The monoisotopic (exact) mass is 194 g/mol. The van der Waals surface area contributed by atoms with Gasteiger partial charge < -0.3 is 5.73 Å². The summed E-state index contributed by atoms with van der Waals surface area (Å²) in [6.07, 6.45) is 1.69. The van der Waals surface area contributed by atoms with Crippen LogP contribution in [0.4, 0.5) is 5.69 Å². The van der Waals surface area contributed by atoms with Crippen LogP contribution in [0.3, 0.4) is 0 Å². The third-order valence-corrected chi connectivity index (χ3v) is 2.49. The number of anilines is 1. The van der Waals surface area contributed by atoms with Crippen molar-refractivity contribution in [2.45, 2.75) is 20.8 Å². The van der Waals surface area contributed by atoms with Crippen molar-refractivity contribution in [2.24, 2.45) is 0 Å². The summed E-state index contributed by atoms with van der Waals surface area (Å²) in [4.78, 5) is 6.54. The summed E-state index contributed by atoms with van der Waals surface area (Å²) < 4.78 is 0. The molecular weight excluding hydrogens is 180 g/mol. The van der Waals surface area contributed by atoms with Crippen LogP contribution in [0.2, 0.25) is 0 Å². The van der Waals surface area contributed by atoms with E-state index in [0.717, 1.165) is 15.9 Å². The molecule has 2 aromatic heterocycles. The fourth-order valence-electron chi connectivity index (χ4n) is 1.08. The van der Waals surface area contributed by atoms with Gasteiger partial charge in [-0.2, -0.15) is 0 Å². The minimum Gasteiger partial charge on any atom is -0.397 e. The molecule has 70 valence electrons. The Morgan fingerprint density at radius 3 is 2.69 bits per heavy atom. The molecule has 0 amide bonds. The van der Waals surface area contributed by atoms with E-state index in [1.807, 2.05) is 19.9 Å². The van der Waals surface area contributed by atoms with Crippen LogP contribution in [-0.2, 0) is 0 Å². The molecule has 0 saturated heterocycles. The lowest BCUT2D eigenvalue weighted by Crippen LogP contribution is -1.83. The van der Waals surface area contributed by atoms with Crippen LogP contribution in [0.5, 0.6) is 0 Å². The standard InChI is InChI=1S/C8H8N2S.C2H6/c1-5-2-6-3-7(9)4-10-8(6)11-5;1-2/h2-4H,9H2,1H3;1-2H3. The van der Waals surface area contributed by atoms with E-state index in [1.165, 1.54) is 4.88 Å². The van der Waals surface area contributed by atoms with E-state index in [2.05, 4.69) is 18.0 Å². The maximum absolute atomic E-state index is 5.58. The Morgan fingerprint density at radius 1 is 1.31 bits per heavy atom. The zero-order chi connectivity index (χ0) is 9.84. The van der Waals surface area contributed by atoms with E-state index in [9.17, 15) is 0 Å². The van der Waals surface area contributed by atoms with Gasteiger partial charge in [-0.05, 0) is 19.1 Å². The number of nitrogen functional groups attached to an aromatic ring is 1. The Bertz CT molecular complexity index is 393. The van der Waals surface area contributed by atoms with Gasteiger partial charge in [0.15, 0.2) is 0 Å². The summed E-state index contributed by atoms with van der Waals surface area (Å²) in [6, 6.07) is 4.05. The zero-order valence-corrected chi connectivity index (χ0v) is 8.98. The molecule has 0 atom stereocenters. The van der Waals surface area contributed by atoms with Gasteiger partial charge in [-0.15, -0.1) is 11.3 Å². The van der Waals surface area contributed by atoms with Crippen LogP contribution >= 0.6 is 11.3 Å². The number of aryl methyl sites for hydroxylation is 1. The molecule has 2 heterocycles. The molecule has 2 rings (SSSR count). The first-order chi connectivity index (χ1) is 6.25. The molecule has 0 spiro atoms. The van der Waals surface area contributed by atoms with Crippen molar-refractivity contribution < 1.29 is 0 Å². The molecule has 13 heavy (non-hydrogen) atoms. The van der Waals surface area contributed by atoms with Gasteiger partial charge in [0.25, 0.3) is 0 Å². The number of pyridine rings is 1. The van der Waals surface area contributed by atoms with Crippen molar-refractivity contribution in [3.05, 3.63) is 23.2 Å². The highest BCUT2D eigenvalue weighted by Crippen LogP contribution is 2.23. The van der Waals surface area contributed by atoms with E-state index in [4.69, 9.17) is 5.73 Å². The lowest BCUT2D eigenvalue weighted by Gasteiger charge is -1.89. The van der Waals surface area contributed by atoms with Crippen molar-refractivity contribution in [1.82, 2.24) is 4.98 Å². The molecular formula is C10H14N2S. The summed E-state index contributed by atoms with van der Waals surface area (Å²) in [6.45, 7) is 6.07. The lowest BCUT2D eigenvalue weighted by atomic mass is 10.3.